The van der Waals surface area contributed by atoms with Crippen LogP contribution in [0.2, 0.25) is 0 Å². The molecule has 4 atom stereocenters. The molecule has 0 radical (unpaired) electrons. The van der Waals surface area contributed by atoms with Gasteiger partial charge in [-0.3, -0.25) is 19.2 Å². The highest BCUT2D eigenvalue weighted by Crippen LogP contribution is 2.22. The van der Waals surface area contributed by atoms with Gasteiger partial charge in [0, 0.05) is 0 Å². The van der Waals surface area contributed by atoms with E-state index in [1.165, 1.54) is 12.4 Å². The summed E-state index contributed by atoms with van der Waals surface area (Å²) in [5, 5.41) is 11.5. The normalized spacial score (nSPS) is 23.7. The first-order valence-corrected chi connectivity index (χ1v) is 13.1. The van der Waals surface area contributed by atoms with Crippen LogP contribution in [0.1, 0.15) is 100 Å². The van der Waals surface area contributed by atoms with Crippen molar-refractivity contribution in [2.45, 2.75) is 79.6 Å². The molecule has 1 aliphatic rings. The standard InChI is InChI=1S/C26H40N8O4/c1-11(2)17-21-27-9-15(29-21)23(35)34-20(14(7)8)26(38)32-18(12(3)4)22-28-10-16(30-22)24(36)33-19(13(5)6)25(37)31-17/h9-14,17-20H,1-8H3,(H,27,29)(H,28,30)(H,31,37)(H,32,38)(H,33,36)(H,34,35)/t17-,18-,19-,20-/m1/s1. The van der Waals surface area contributed by atoms with E-state index in [1.54, 1.807) is 0 Å². The quantitative estimate of drug-likeness (QED) is 0.354. The Morgan fingerprint density at radius 1 is 0.526 bits per heavy atom. The predicted molar refractivity (Wildman–Crippen MR) is 141 cm³/mol. The van der Waals surface area contributed by atoms with Gasteiger partial charge in [0.15, 0.2) is 0 Å². The molecule has 1 aliphatic heterocycles. The van der Waals surface area contributed by atoms with Crippen molar-refractivity contribution < 1.29 is 19.2 Å². The number of fused-ring (bicyclic) bond motifs is 4. The van der Waals surface area contributed by atoms with Crippen LogP contribution in [0.5, 0.6) is 0 Å². The molecule has 12 nitrogen and oxygen atoms in total. The summed E-state index contributed by atoms with van der Waals surface area (Å²) >= 11 is 0. The molecular formula is C26H40N8O4. The van der Waals surface area contributed by atoms with Gasteiger partial charge in [-0.15, -0.1) is 0 Å². The van der Waals surface area contributed by atoms with E-state index >= 15 is 0 Å². The minimum Gasteiger partial charge on any atom is -0.344 e. The predicted octanol–water partition coefficient (Wildman–Crippen LogP) is 1.98. The molecule has 0 aliphatic carbocycles. The van der Waals surface area contributed by atoms with Crippen molar-refractivity contribution in [1.29, 1.82) is 0 Å². The van der Waals surface area contributed by atoms with Crippen LogP contribution in [0.4, 0.5) is 0 Å². The number of amides is 4. The van der Waals surface area contributed by atoms with E-state index in [0.29, 0.717) is 11.6 Å². The molecule has 2 aromatic rings. The van der Waals surface area contributed by atoms with Gasteiger partial charge in [0.2, 0.25) is 11.8 Å². The number of nitrogens with zero attached hydrogens (tertiary/aromatic N) is 2. The fourth-order valence-electron chi connectivity index (χ4n) is 4.32. The van der Waals surface area contributed by atoms with Crippen molar-refractivity contribution in [2.24, 2.45) is 23.7 Å². The van der Waals surface area contributed by atoms with Gasteiger partial charge in [-0.25, -0.2) is 9.97 Å². The third-order valence-corrected chi connectivity index (χ3v) is 6.67. The Kier molecular flexibility index (Phi) is 8.95. The number of hydrogen-bond acceptors (Lipinski definition) is 6. The van der Waals surface area contributed by atoms with Crippen molar-refractivity contribution in [1.82, 2.24) is 41.2 Å². The van der Waals surface area contributed by atoms with Gasteiger partial charge in [-0.2, -0.15) is 0 Å². The summed E-state index contributed by atoms with van der Waals surface area (Å²) in [5.41, 5.74) is 0.341. The van der Waals surface area contributed by atoms with Gasteiger partial charge in [0.1, 0.15) is 35.1 Å². The molecule has 208 valence electrons. The maximum absolute atomic E-state index is 13.3. The van der Waals surface area contributed by atoms with Gasteiger partial charge in [0.25, 0.3) is 11.8 Å². The molecule has 38 heavy (non-hydrogen) atoms. The second kappa shape index (κ2) is 11.8. The molecule has 4 amide bonds. The Morgan fingerprint density at radius 2 is 0.842 bits per heavy atom. The molecule has 6 N–H and O–H groups in total. The van der Waals surface area contributed by atoms with Gasteiger partial charge in [-0.05, 0) is 23.7 Å². The van der Waals surface area contributed by atoms with E-state index in [1.807, 2.05) is 55.4 Å². The van der Waals surface area contributed by atoms with Gasteiger partial charge >= 0.3 is 0 Å². The van der Waals surface area contributed by atoms with E-state index in [9.17, 15) is 19.2 Å². The number of rotatable bonds is 4. The monoisotopic (exact) mass is 528 g/mol. The number of imidazole rings is 2. The Balaban J connectivity index is 2.07. The number of carbonyl (C=O) groups is 4. The van der Waals surface area contributed by atoms with Gasteiger partial charge in [-0.1, -0.05) is 55.4 Å². The minimum absolute atomic E-state index is 0.0764. The topological polar surface area (TPSA) is 174 Å². The van der Waals surface area contributed by atoms with E-state index in [-0.39, 0.29) is 46.9 Å². The van der Waals surface area contributed by atoms with Crippen molar-refractivity contribution in [2.75, 3.05) is 0 Å². The Morgan fingerprint density at radius 3 is 1.13 bits per heavy atom. The highest BCUT2D eigenvalue weighted by Gasteiger charge is 2.33. The summed E-state index contributed by atoms with van der Waals surface area (Å²) in [6, 6.07) is -2.76. The number of carbonyl (C=O) groups excluding carboxylic acids is 4. The van der Waals surface area contributed by atoms with Crippen LogP contribution >= 0.6 is 0 Å². The molecule has 4 bridgehead atoms. The first-order chi connectivity index (χ1) is 17.8. The molecule has 0 unspecified atom stereocenters. The van der Waals surface area contributed by atoms with E-state index in [0.717, 1.165) is 0 Å². The average Bonchev–Trinajstić information content (AvgIpc) is 3.51. The first kappa shape index (κ1) is 28.9. The minimum atomic E-state index is -0.834. The van der Waals surface area contributed by atoms with Crippen LogP contribution < -0.4 is 21.3 Å². The van der Waals surface area contributed by atoms with Crippen LogP contribution in [-0.2, 0) is 9.59 Å². The summed E-state index contributed by atoms with van der Waals surface area (Å²) in [5.74, 6) is -1.50. The second-order valence-corrected chi connectivity index (χ2v) is 11.2. The molecule has 0 aromatic carbocycles. The summed E-state index contributed by atoms with van der Waals surface area (Å²) in [4.78, 5) is 67.6. The smallest absolute Gasteiger partial charge is 0.270 e. The molecular weight excluding hydrogens is 488 g/mol. The lowest BCUT2D eigenvalue weighted by atomic mass is 9.99. The average molecular weight is 529 g/mol. The van der Waals surface area contributed by atoms with E-state index in [4.69, 9.17) is 0 Å². The lowest BCUT2D eigenvalue weighted by Gasteiger charge is -2.27. The van der Waals surface area contributed by atoms with Crippen molar-refractivity contribution in [3.05, 3.63) is 35.4 Å². The number of H-pyrrole nitrogens is 2. The number of aromatic amines is 2. The molecule has 0 spiro atoms. The summed E-state index contributed by atoms with van der Waals surface area (Å²) in [7, 11) is 0. The van der Waals surface area contributed by atoms with Crippen LogP contribution in [-0.4, -0.2) is 55.6 Å². The molecule has 0 saturated heterocycles. The van der Waals surface area contributed by atoms with Crippen molar-refractivity contribution in [3.8, 4) is 0 Å². The third-order valence-electron chi connectivity index (χ3n) is 6.67. The number of hydrogen-bond donors (Lipinski definition) is 6. The molecule has 12 heteroatoms. The van der Waals surface area contributed by atoms with E-state index < -0.39 is 36.0 Å². The Hall–Kier alpha value is -3.70. The molecule has 3 heterocycles. The van der Waals surface area contributed by atoms with Gasteiger partial charge in [0.05, 0.1) is 24.5 Å². The fraction of sp³-hybridized carbons (Fsp3) is 0.615. The van der Waals surface area contributed by atoms with Crippen molar-refractivity contribution in [3.63, 3.8) is 0 Å². The molecule has 3 rings (SSSR count). The fourth-order valence-corrected chi connectivity index (χ4v) is 4.32. The van der Waals surface area contributed by atoms with E-state index in [2.05, 4.69) is 41.2 Å². The maximum atomic E-state index is 13.3. The highest BCUT2D eigenvalue weighted by atomic mass is 16.2. The third kappa shape index (κ3) is 6.40. The Labute approximate surface area is 222 Å². The second-order valence-electron chi connectivity index (χ2n) is 11.2. The summed E-state index contributed by atoms with van der Waals surface area (Å²) in [6.07, 6.45) is 2.77. The highest BCUT2D eigenvalue weighted by molar-refractivity contribution is 5.97. The lowest BCUT2D eigenvalue weighted by molar-refractivity contribution is -0.125. The van der Waals surface area contributed by atoms with Gasteiger partial charge < -0.3 is 31.2 Å². The molecule has 2 aromatic heterocycles. The number of nitrogens with one attached hydrogen (secondary N) is 6. The molecule has 0 saturated carbocycles. The van der Waals surface area contributed by atoms with Crippen LogP contribution in [0, 0.1) is 23.7 Å². The largest absolute Gasteiger partial charge is 0.344 e. The Bertz CT molecular complexity index is 1080. The summed E-state index contributed by atoms with van der Waals surface area (Å²) in [6.45, 7) is 15.0. The van der Waals surface area contributed by atoms with Crippen LogP contribution in [0.15, 0.2) is 12.4 Å². The summed E-state index contributed by atoms with van der Waals surface area (Å²) < 4.78 is 0. The first-order valence-electron chi connectivity index (χ1n) is 13.1. The van der Waals surface area contributed by atoms with Crippen molar-refractivity contribution >= 4 is 23.6 Å². The SMILES string of the molecule is CC(C)[C@H]1NC(=O)c2cnc([nH]2)[C@@H](C(C)C)NC(=O)[C@@H](C(C)C)NC(=O)c2cnc([nH]2)[C@@H](C(C)C)NC1=O. The zero-order valence-corrected chi connectivity index (χ0v) is 23.3. The zero-order chi connectivity index (χ0) is 28.3. The maximum Gasteiger partial charge on any atom is 0.270 e. The number of aromatic nitrogens is 4. The van der Waals surface area contributed by atoms with Crippen LogP contribution in [0.3, 0.4) is 0 Å². The molecule has 0 fully saturated rings. The van der Waals surface area contributed by atoms with Crippen LogP contribution in [0.25, 0.3) is 0 Å². The lowest BCUT2D eigenvalue weighted by Crippen LogP contribution is -2.51. The zero-order valence-electron chi connectivity index (χ0n) is 23.3.